The molecule has 3 aromatic rings. The number of benzene rings is 3. The zero-order valence-electron chi connectivity index (χ0n) is 25.6. The molecule has 1 aliphatic rings. The van der Waals surface area contributed by atoms with E-state index in [2.05, 4.69) is 51.5 Å². The summed E-state index contributed by atoms with van der Waals surface area (Å²) in [5.41, 5.74) is 5.42. The van der Waals surface area contributed by atoms with Gasteiger partial charge in [0.05, 0.1) is 13.4 Å². The van der Waals surface area contributed by atoms with Crippen LogP contribution in [0.4, 0.5) is 5.69 Å². The molecule has 4 rings (SSSR count). The largest absolute Gasteiger partial charge is 0.493 e. The molecule has 2 atom stereocenters. The smallest absolute Gasteiger partial charge is 0.229 e. The van der Waals surface area contributed by atoms with Crippen molar-refractivity contribution in [3.8, 4) is 23.0 Å². The third-order valence-electron chi connectivity index (χ3n) is 7.55. The summed E-state index contributed by atoms with van der Waals surface area (Å²) >= 11 is 0. The van der Waals surface area contributed by atoms with E-state index in [1.807, 2.05) is 38.1 Å². The minimum atomic E-state index is -3.34. The third kappa shape index (κ3) is 7.47. The maximum atomic E-state index is 11.6. The van der Waals surface area contributed by atoms with Gasteiger partial charge in [-0.1, -0.05) is 26.0 Å². The number of aryl methyl sites for hydroxylation is 2. The fourth-order valence-corrected chi connectivity index (χ4v) is 6.06. The van der Waals surface area contributed by atoms with E-state index in [-0.39, 0.29) is 11.7 Å². The van der Waals surface area contributed by atoms with Crippen LogP contribution in [0.3, 0.4) is 0 Å². The van der Waals surface area contributed by atoms with Crippen molar-refractivity contribution in [2.45, 2.75) is 79.1 Å². The minimum Gasteiger partial charge on any atom is -0.493 e. The molecule has 1 aliphatic heterocycles. The van der Waals surface area contributed by atoms with Crippen LogP contribution in [0.2, 0.25) is 0 Å². The highest BCUT2D eigenvalue weighted by Gasteiger charge is 2.35. The summed E-state index contributed by atoms with van der Waals surface area (Å²) < 4.78 is 50.2. The van der Waals surface area contributed by atoms with Gasteiger partial charge in [-0.25, -0.2) is 8.42 Å². The Kier molecular flexibility index (Phi) is 8.83. The van der Waals surface area contributed by atoms with E-state index in [4.69, 9.17) is 18.9 Å². The summed E-state index contributed by atoms with van der Waals surface area (Å²) in [7, 11) is -1.72. The summed E-state index contributed by atoms with van der Waals surface area (Å²) in [6, 6.07) is 15.5. The molecule has 0 amide bonds. The molecule has 1 N–H and O–H groups in total. The van der Waals surface area contributed by atoms with Crippen LogP contribution in [0.15, 0.2) is 48.5 Å². The van der Waals surface area contributed by atoms with Crippen LogP contribution in [0.1, 0.15) is 80.9 Å². The Bertz CT molecular complexity index is 1510. The van der Waals surface area contributed by atoms with Gasteiger partial charge in [-0.15, -0.1) is 0 Å². The molecule has 0 aromatic heterocycles. The van der Waals surface area contributed by atoms with E-state index in [1.54, 1.807) is 19.2 Å². The lowest BCUT2D eigenvalue weighted by Gasteiger charge is -2.39. The first kappa shape index (κ1) is 30.6. The average Bonchev–Trinajstić information content (AvgIpc) is 2.86. The predicted molar refractivity (Wildman–Crippen MR) is 164 cm³/mol. The number of rotatable bonds is 10. The van der Waals surface area contributed by atoms with Crippen molar-refractivity contribution in [1.82, 2.24) is 0 Å². The number of anilines is 1. The van der Waals surface area contributed by atoms with Crippen LogP contribution in [0, 0.1) is 19.8 Å². The number of sulfonamides is 1. The third-order valence-corrected chi connectivity index (χ3v) is 8.15. The number of ether oxygens (including phenoxy) is 4. The molecule has 0 saturated heterocycles. The molecule has 2 unspecified atom stereocenters. The van der Waals surface area contributed by atoms with Crippen LogP contribution in [-0.4, -0.2) is 27.4 Å². The van der Waals surface area contributed by atoms with Crippen LogP contribution in [0.5, 0.6) is 23.0 Å². The molecule has 3 aromatic carbocycles. The number of nitrogens with one attached hydrogen (secondary N) is 1. The summed E-state index contributed by atoms with van der Waals surface area (Å²) in [5, 5.41) is 0. The molecule has 1 heterocycles. The van der Waals surface area contributed by atoms with E-state index in [0.717, 1.165) is 46.4 Å². The molecule has 0 bridgehead atoms. The maximum absolute atomic E-state index is 11.6. The molecule has 8 heteroatoms. The fraction of sp³-hybridized carbons (Fsp3) is 0.455. The molecule has 7 nitrogen and oxygen atoms in total. The van der Waals surface area contributed by atoms with Crippen molar-refractivity contribution in [2.24, 2.45) is 5.92 Å². The Labute approximate surface area is 245 Å². The van der Waals surface area contributed by atoms with Crippen molar-refractivity contribution < 1.29 is 27.4 Å². The molecule has 222 valence electrons. The van der Waals surface area contributed by atoms with E-state index >= 15 is 0 Å². The second-order valence-corrected chi connectivity index (χ2v) is 13.8. The van der Waals surface area contributed by atoms with Gasteiger partial charge in [0.25, 0.3) is 0 Å². The maximum Gasteiger partial charge on any atom is 0.229 e. The fourth-order valence-electron chi connectivity index (χ4n) is 5.51. The van der Waals surface area contributed by atoms with Crippen LogP contribution in [-0.2, 0) is 16.6 Å². The van der Waals surface area contributed by atoms with Gasteiger partial charge in [-0.05, 0) is 112 Å². The second-order valence-electron chi connectivity index (χ2n) is 12.1. The summed E-state index contributed by atoms with van der Waals surface area (Å²) in [5.74, 6) is 3.95. The average molecular weight is 582 g/mol. The Morgan fingerprint density at radius 1 is 0.976 bits per heavy atom. The highest BCUT2D eigenvalue weighted by molar-refractivity contribution is 7.92. The van der Waals surface area contributed by atoms with Gasteiger partial charge >= 0.3 is 0 Å². The highest BCUT2D eigenvalue weighted by atomic mass is 32.2. The van der Waals surface area contributed by atoms with Crippen molar-refractivity contribution in [3.05, 3.63) is 76.3 Å². The van der Waals surface area contributed by atoms with Crippen molar-refractivity contribution in [1.29, 1.82) is 0 Å². The van der Waals surface area contributed by atoms with E-state index in [1.165, 1.54) is 5.56 Å². The van der Waals surface area contributed by atoms with Gasteiger partial charge in [0.1, 0.15) is 29.8 Å². The molecule has 0 spiro atoms. The molecule has 0 radical (unpaired) electrons. The normalized spacial score (nSPS) is 16.9. The zero-order chi connectivity index (χ0) is 30.1. The Morgan fingerprint density at radius 2 is 1.71 bits per heavy atom. The second kappa shape index (κ2) is 11.8. The topological polar surface area (TPSA) is 83.1 Å². The SMILES string of the molecule is COc1cc(COc2cc3c(cc2C)OC(C)(C)CC3C(C)C)ccc1OC(C)c1ccc(NS(C)(=O)=O)cc1C. The molecular weight excluding hydrogens is 538 g/mol. The zero-order valence-corrected chi connectivity index (χ0v) is 26.4. The highest BCUT2D eigenvalue weighted by Crippen LogP contribution is 2.46. The van der Waals surface area contributed by atoms with Gasteiger partial charge in [-0.3, -0.25) is 4.72 Å². The van der Waals surface area contributed by atoms with E-state index in [9.17, 15) is 8.42 Å². The number of methoxy groups -OCH3 is 1. The first-order valence-electron chi connectivity index (χ1n) is 14.0. The van der Waals surface area contributed by atoms with E-state index < -0.39 is 10.0 Å². The quantitative estimate of drug-likeness (QED) is 0.264. The summed E-state index contributed by atoms with van der Waals surface area (Å²) in [4.78, 5) is 0. The molecule has 0 fully saturated rings. The Morgan fingerprint density at radius 3 is 2.34 bits per heavy atom. The van der Waals surface area contributed by atoms with Gasteiger partial charge in [0.2, 0.25) is 10.0 Å². The molecule has 41 heavy (non-hydrogen) atoms. The Balaban J connectivity index is 1.48. The van der Waals surface area contributed by atoms with Gasteiger partial charge in [0.15, 0.2) is 11.5 Å². The molecule has 0 aliphatic carbocycles. The number of hydrogen-bond acceptors (Lipinski definition) is 6. The first-order chi connectivity index (χ1) is 19.2. The lowest BCUT2D eigenvalue weighted by atomic mass is 9.77. The van der Waals surface area contributed by atoms with Crippen molar-refractivity contribution in [3.63, 3.8) is 0 Å². The molecule has 0 saturated carbocycles. The van der Waals surface area contributed by atoms with E-state index in [0.29, 0.717) is 35.6 Å². The van der Waals surface area contributed by atoms with Crippen LogP contribution >= 0.6 is 0 Å². The lowest BCUT2D eigenvalue weighted by molar-refractivity contribution is 0.0636. The van der Waals surface area contributed by atoms with Crippen LogP contribution < -0.4 is 23.7 Å². The van der Waals surface area contributed by atoms with Gasteiger partial charge in [0, 0.05) is 11.3 Å². The number of hydrogen-bond donors (Lipinski definition) is 1. The van der Waals surface area contributed by atoms with Crippen molar-refractivity contribution in [2.75, 3.05) is 18.1 Å². The summed E-state index contributed by atoms with van der Waals surface area (Å²) in [6.07, 6.45) is 1.82. The van der Waals surface area contributed by atoms with Crippen LogP contribution in [0.25, 0.3) is 0 Å². The molecular formula is C33H43NO6S. The Hall–Kier alpha value is -3.39. The number of fused-ring (bicyclic) bond motifs is 1. The van der Waals surface area contributed by atoms with Gasteiger partial charge in [-0.2, -0.15) is 0 Å². The predicted octanol–water partition coefficient (Wildman–Crippen LogP) is 7.70. The van der Waals surface area contributed by atoms with Crippen molar-refractivity contribution >= 4 is 15.7 Å². The minimum absolute atomic E-state index is 0.188. The lowest BCUT2D eigenvalue weighted by Crippen LogP contribution is -2.36. The van der Waals surface area contributed by atoms with Gasteiger partial charge < -0.3 is 18.9 Å². The standard InChI is InChI=1S/C33H43NO6S/c1-20(2)28-18-33(6,7)40-31-15-22(4)30(17-27(28)31)38-19-24-10-13-29(32(16-24)37-8)39-23(5)26-12-11-25(14-21(26)3)34-41(9,35)36/h10-17,20,23,28,34H,18-19H2,1-9H3. The monoisotopic (exact) mass is 581 g/mol. The summed E-state index contributed by atoms with van der Waals surface area (Å²) in [6.45, 7) is 15.2. The first-order valence-corrected chi connectivity index (χ1v) is 15.9.